The third kappa shape index (κ3) is 4.88. The Morgan fingerprint density at radius 3 is 2.27 bits per heavy atom. The fraction of sp³-hybridized carbons (Fsp3) is 0.800. The van der Waals surface area contributed by atoms with Gasteiger partial charge in [-0.15, -0.1) is 0 Å². The van der Waals surface area contributed by atoms with Gasteiger partial charge in [0.15, 0.2) is 0 Å². The summed E-state index contributed by atoms with van der Waals surface area (Å²) in [5.74, 6) is 0.894. The highest BCUT2D eigenvalue weighted by Gasteiger charge is 2.15. The zero-order valence-electron chi connectivity index (χ0n) is 8.24. The number of hydrogen-bond acceptors (Lipinski definition) is 1. The molecule has 0 atom stereocenters. The summed E-state index contributed by atoms with van der Waals surface area (Å²) in [7, 11) is 0. The van der Waals surface area contributed by atoms with Crippen molar-refractivity contribution in [3.63, 3.8) is 0 Å². The fourth-order valence-corrected chi connectivity index (χ4v) is 0.556. The average molecular weight is 156 g/mol. The molecule has 0 aliphatic carbocycles. The first-order chi connectivity index (χ1) is 4.98. The minimum Gasteiger partial charge on any atom is -0.498 e. The normalized spacial score (nSPS) is 11.3. The molecule has 11 heavy (non-hydrogen) atoms. The first-order valence-electron chi connectivity index (χ1n) is 4.30. The number of ether oxygens (including phenoxy) is 1. The van der Waals surface area contributed by atoms with E-state index < -0.39 is 0 Å². The maximum absolute atomic E-state index is 5.45. The molecule has 0 aromatic heterocycles. The second-order valence-corrected chi connectivity index (χ2v) is 3.88. The van der Waals surface area contributed by atoms with Crippen LogP contribution in [0, 0.1) is 5.41 Å². The van der Waals surface area contributed by atoms with Crippen molar-refractivity contribution in [2.75, 3.05) is 6.61 Å². The van der Waals surface area contributed by atoms with Gasteiger partial charge in [0, 0.05) is 5.41 Å². The molecule has 0 aliphatic heterocycles. The van der Waals surface area contributed by atoms with Crippen LogP contribution in [0.5, 0.6) is 0 Å². The van der Waals surface area contributed by atoms with Gasteiger partial charge in [-0.05, 0) is 6.42 Å². The van der Waals surface area contributed by atoms with Gasteiger partial charge < -0.3 is 4.74 Å². The summed E-state index contributed by atoms with van der Waals surface area (Å²) in [6.07, 6.45) is 2.30. The molecular formula is C10H20O. The lowest BCUT2D eigenvalue weighted by molar-refractivity contribution is 0.150. The zero-order chi connectivity index (χ0) is 8.91. The minimum atomic E-state index is 0.0910. The van der Waals surface area contributed by atoms with Gasteiger partial charge in [0.2, 0.25) is 0 Å². The monoisotopic (exact) mass is 156 g/mol. The van der Waals surface area contributed by atoms with Crippen molar-refractivity contribution < 1.29 is 4.74 Å². The molecule has 0 rings (SSSR count). The van der Waals surface area contributed by atoms with Crippen molar-refractivity contribution in [3.8, 4) is 0 Å². The van der Waals surface area contributed by atoms with Crippen LogP contribution >= 0.6 is 0 Å². The van der Waals surface area contributed by atoms with E-state index >= 15 is 0 Å². The van der Waals surface area contributed by atoms with E-state index in [0.29, 0.717) is 0 Å². The molecule has 0 heterocycles. The lowest BCUT2D eigenvalue weighted by Gasteiger charge is -2.21. The number of unbranched alkanes of at least 4 members (excludes halogenated alkanes) is 1. The summed E-state index contributed by atoms with van der Waals surface area (Å²) in [6.45, 7) is 13.2. The van der Waals surface area contributed by atoms with E-state index in [2.05, 4.69) is 34.3 Å². The Kier molecular flexibility index (Phi) is 4.24. The topological polar surface area (TPSA) is 9.23 Å². The molecule has 0 saturated carbocycles. The van der Waals surface area contributed by atoms with Gasteiger partial charge in [0.05, 0.1) is 12.4 Å². The van der Waals surface area contributed by atoms with Crippen LogP contribution in [0.1, 0.15) is 40.5 Å². The second-order valence-electron chi connectivity index (χ2n) is 3.88. The van der Waals surface area contributed by atoms with Crippen molar-refractivity contribution >= 4 is 0 Å². The molecular weight excluding hydrogens is 136 g/mol. The lowest BCUT2D eigenvalue weighted by Crippen LogP contribution is -2.11. The van der Waals surface area contributed by atoms with E-state index in [1.807, 2.05) is 0 Å². The summed E-state index contributed by atoms with van der Waals surface area (Å²) < 4.78 is 5.45. The Labute approximate surface area is 70.4 Å². The van der Waals surface area contributed by atoms with E-state index in [4.69, 9.17) is 4.74 Å². The highest BCUT2D eigenvalue weighted by atomic mass is 16.5. The molecule has 0 fully saturated rings. The first-order valence-corrected chi connectivity index (χ1v) is 4.30. The zero-order valence-corrected chi connectivity index (χ0v) is 8.24. The second kappa shape index (κ2) is 4.42. The Bertz CT molecular complexity index is 119. The van der Waals surface area contributed by atoms with Gasteiger partial charge in [-0.2, -0.15) is 0 Å². The highest BCUT2D eigenvalue weighted by molar-refractivity contribution is 4.95. The van der Waals surface area contributed by atoms with Crippen molar-refractivity contribution in [1.29, 1.82) is 0 Å². The first kappa shape index (κ1) is 10.5. The molecule has 0 radical (unpaired) electrons. The van der Waals surface area contributed by atoms with Gasteiger partial charge in [-0.3, -0.25) is 0 Å². The Morgan fingerprint density at radius 2 is 1.91 bits per heavy atom. The molecule has 66 valence electrons. The molecule has 0 unspecified atom stereocenters. The minimum absolute atomic E-state index is 0.0910. The third-order valence-corrected chi connectivity index (χ3v) is 1.61. The predicted octanol–water partition coefficient (Wildman–Crippen LogP) is 3.36. The summed E-state index contributed by atoms with van der Waals surface area (Å²) in [5, 5.41) is 0. The van der Waals surface area contributed by atoms with Gasteiger partial charge in [0.1, 0.15) is 0 Å². The standard InChI is InChI=1S/C10H20O/c1-6-7-8-11-9(2)10(3,4)5/h2,6-8H2,1,3-5H3. The maximum atomic E-state index is 5.45. The smallest absolute Gasteiger partial charge is 0.0941 e. The molecule has 1 nitrogen and oxygen atoms in total. The quantitative estimate of drug-likeness (QED) is 0.448. The Morgan fingerprint density at radius 1 is 1.36 bits per heavy atom. The van der Waals surface area contributed by atoms with Crippen LogP contribution < -0.4 is 0 Å². The van der Waals surface area contributed by atoms with E-state index in [1.54, 1.807) is 0 Å². The van der Waals surface area contributed by atoms with Crippen LogP contribution in [0.4, 0.5) is 0 Å². The van der Waals surface area contributed by atoms with Crippen LogP contribution in [-0.4, -0.2) is 6.61 Å². The van der Waals surface area contributed by atoms with Crippen molar-refractivity contribution in [2.24, 2.45) is 5.41 Å². The third-order valence-electron chi connectivity index (χ3n) is 1.61. The number of hydrogen-bond donors (Lipinski definition) is 0. The van der Waals surface area contributed by atoms with Crippen LogP contribution in [0.3, 0.4) is 0 Å². The largest absolute Gasteiger partial charge is 0.498 e. The van der Waals surface area contributed by atoms with Crippen LogP contribution in [0.25, 0.3) is 0 Å². The lowest BCUT2D eigenvalue weighted by atomic mass is 9.95. The summed E-state index contributed by atoms with van der Waals surface area (Å²) >= 11 is 0. The molecule has 0 spiro atoms. The molecule has 0 amide bonds. The molecule has 0 aromatic rings. The molecule has 0 aromatic carbocycles. The molecule has 0 aliphatic rings. The van der Waals surface area contributed by atoms with E-state index in [0.717, 1.165) is 18.8 Å². The van der Waals surface area contributed by atoms with Crippen LogP contribution in [-0.2, 0) is 4.74 Å². The molecule has 0 saturated heterocycles. The van der Waals surface area contributed by atoms with E-state index in [-0.39, 0.29) is 5.41 Å². The van der Waals surface area contributed by atoms with E-state index in [9.17, 15) is 0 Å². The van der Waals surface area contributed by atoms with Crippen molar-refractivity contribution in [1.82, 2.24) is 0 Å². The number of rotatable bonds is 4. The van der Waals surface area contributed by atoms with Gasteiger partial charge in [0.25, 0.3) is 0 Å². The van der Waals surface area contributed by atoms with Crippen molar-refractivity contribution in [3.05, 3.63) is 12.3 Å². The molecule has 0 bridgehead atoms. The van der Waals surface area contributed by atoms with Crippen LogP contribution in [0.2, 0.25) is 0 Å². The Hall–Kier alpha value is -0.460. The Balaban J connectivity index is 3.54. The van der Waals surface area contributed by atoms with E-state index in [1.165, 1.54) is 6.42 Å². The van der Waals surface area contributed by atoms with Gasteiger partial charge in [-0.1, -0.05) is 40.7 Å². The predicted molar refractivity (Wildman–Crippen MR) is 49.5 cm³/mol. The number of allylic oxidation sites excluding steroid dienone is 1. The van der Waals surface area contributed by atoms with Crippen molar-refractivity contribution in [2.45, 2.75) is 40.5 Å². The van der Waals surface area contributed by atoms with Crippen LogP contribution in [0.15, 0.2) is 12.3 Å². The summed E-state index contributed by atoms with van der Waals surface area (Å²) in [4.78, 5) is 0. The molecule has 0 N–H and O–H groups in total. The SMILES string of the molecule is C=C(OCCCC)C(C)(C)C. The average Bonchev–Trinajstić information content (AvgIpc) is 1.86. The molecule has 1 heteroatoms. The summed E-state index contributed by atoms with van der Waals surface area (Å²) in [5.41, 5.74) is 0.0910. The fourth-order valence-electron chi connectivity index (χ4n) is 0.556. The van der Waals surface area contributed by atoms with Gasteiger partial charge in [-0.25, -0.2) is 0 Å². The maximum Gasteiger partial charge on any atom is 0.0941 e. The van der Waals surface area contributed by atoms with Gasteiger partial charge >= 0.3 is 0 Å². The summed E-state index contributed by atoms with van der Waals surface area (Å²) in [6, 6.07) is 0. The highest BCUT2D eigenvalue weighted by Crippen LogP contribution is 2.24.